The lowest BCUT2D eigenvalue weighted by atomic mass is 9.90. The molecule has 1 atom stereocenters. The summed E-state index contributed by atoms with van der Waals surface area (Å²) in [5.41, 5.74) is -0.216. The normalized spacial score (nSPS) is 23.1. The third kappa shape index (κ3) is 5.08. The molecule has 0 aromatic heterocycles. The Morgan fingerprint density at radius 2 is 1.83 bits per heavy atom. The highest BCUT2D eigenvalue weighted by Gasteiger charge is 2.47. The minimum atomic E-state index is -0.216. The lowest BCUT2D eigenvalue weighted by molar-refractivity contribution is -0.00958. The fourth-order valence-electron chi connectivity index (χ4n) is 3.54. The smallest absolute Gasteiger partial charge is 0.410 e. The van der Waals surface area contributed by atoms with Gasteiger partial charge in [-0.05, 0) is 46.3 Å². The number of amides is 1. The summed E-state index contributed by atoms with van der Waals surface area (Å²) in [5.74, 6) is 0.624. The Balaban J connectivity index is 1.80. The lowest BCUT2D eigenvalue weighted by Crippen LogP contribution is -2.49. The van der Waals surface area contributed by atoms with Gasteiger partial charge in [-0.15, -0.1) is 0 Å². The van der Waals surface area contributed by atoms with Gasteiger partial charge in [-0.3, -0.25) is 0 Å². The molecule has 0 bridgehead atoms. The highest BCUT2D eigenvalue weighted by molar-refractivity contribution is 5.70. The van der Waals surface area contributed by atoms with Crippen molar-refractivity contribution < 1.29 is 9.53 Å². The van der Waals surface area contributed by atoms with Crippen LogP contribution in [-0.2, 0) is 4.74 Å². The highest BCUT2D eigenvalue weighted by Crippen LogP contribution is 2.34. The number of carbonyl (C=O) groups is 1. The number of carbonyl (C=O) groups excluding carboxylic acids is 1. The average Bonchev–Trinajstić information content (AvgIpc) is 2.79. The van der Waals surface area contributed by atoms with E-state index < -0.39 is 0 Å². The summed E-state index contributed by atoms with van der Waals surface area (Å²) in [6.07, 6.45) is 4.10. The van der Waals surface area contributed by atoms with Crippen LogP contribution in [0.1, 0.15) is 46.5 Å². The Hall–Kier alpha value is -0.810. The maximum atomic E-state index is 12.1. The van der Waals surface area contributed by atoms with Gasteiger partial charge in [-0.25, -0.2) is 4.79 Å². The third-order valence-electron chi connectivity index (χ3n) is 5.34. The third-order valence-corrected chi connectivity index (χ3v) is 5.34. The molecule has 2 aliphatic rings. The number of piperidine rings is 1. The zero-order valence-corrected chi connectivity index (χ0v) is 15.7. The van der Waals surface area contributed by atoms with E-state index in [1.807, 2.05) is 4.90 Å². The maximum absolute atomic E-state index is 12.1. The van der Waals surface area contributed by atoms with Gasteiger partial charge in [0.25, 0.3) is 0 Å². The van der Waals surface area contributed by atoms with E-state index in [1.165, 1.54) is 6.42 Å². The van der Waals surface area contributed by atoms with Crippen LogP contribution in [0, 0.1) is 5.92 Å². The molecule has 5 nitrogen and oxygen atoms in total. The highest BCUT2D eigenvalue weighted by atomic mass is 16.6. The van der Waals surface area contributed by atoms with Crippen molar-refractivity contribution in [1.82, 2.24) is 14.7 Å². The monoisotopic (exact) mass is 325 g/mol. The van der Waals surface area contributed by atoms with Crippen molar-refractivity contribution in [3.8, 4) is 0 Å². The van der Waals surface area contributed by atoms with Crippen LogP contribution in [-0.4, -0.2) is 79.3 Å². The van der Waals surface area contributed by atoms with E-state index in [4.69, 9.17) is 4.74 Å². The van der Waals surface area contributed by atoms with Gasteiger partial charge < -0.3 is 19.4 Å². The lowest BCUT2D eigenvalue weighted by Gasteiger charge is -2.40. The summed E-state index contributed by atoms with van der Waals surface area (Å²) in [6, 6.07) is 0.601. The van der Waals surface area contributed by atoms with Crippen molar-refractivity contribution in [3.63, 3.8) is 0 Å². The van der Waals surface area contributed by atoms with Crippen LogP contribution >= 0.6 is 0 Å². The molecule has 2 rings (SSSR count). The van der Waals surface area contributed by atoms with Crippen molar-refractivity contribution in [2.75, 3.05) is 46.8 Å². The predicted octanol–water partition coefficient (Wildman–Crippen LogP) is 2.66. The molecule has 0 saturated carbocycles. The first-order chi connectivity index (χ1) is 10.8. The standard InChI is InChI=1S/C18H35N3O2/c1-15(2)6-11-21-14-18(23-17(21)22)8-12-20(13-9-18)16(3)7-10-19(4)5/h15-16H,6-14H2,1-5H3. The van der Waals surface area contributed by atoms with Crippen molar-refractivity contribution in [1.29, 1.82) is 0 Å². The van der Waals surface area contributed by atoms with Crippen LogP contribution in [0.4, 0.5) is 4.79 Å². The average molecular weight is 325 g/mol. The molecule has 134 valence electrons. The van der Waals surface area contributed by atoms with Gasteiger partial charge in [0.15, 0.2) is 0 Å². The second-order valence-corrected chi connectivity index (χ2v) is 8.13. The van der Waals surface area contributed by atoms with Crippen molar-refractivity contribution >= 4 is 6.09 Å². The molecule has 1 unspecified atom stereocenters. The number of ether oxygens (including phenoxy) is 1. The molecule has 2 aliphatic heterocycles. The SMILES string of the molecule is CC(C)CCN1CC2(CCN(C(C)CCN(C)C)CC2)OC1=O. The second kappa shape index (κ2) is 7.84. The summed E-state index contributed by atoms with van der Waals surface area (Å²) in [4.78, 5) is 18.9. The largest absolute Gasteiger partial charge is 0.441 e. The molecule has 23 heavy (non-hydrogen) atoms. The molecule has 5 heteroatoms. The number of rotatable bonds is 7. The van der Waals surface area contributed by atoms with Crippen LogP contribution in [0.2, 0.25) is 0 Å². The first-order valence-corrected chi connectivity index (χ1v) is 9.18. The Labute approximate surface area is 141 Å². The maximum Gasteiger partial charge on any atom is 0.410 e. The summed E-state index contributed by atoms with van der Waals surface area (Å²) < 4.78 is 5.81. The van der Waals surface area contributed by atoms with Crippen LogP contribution in [0.15, 0.2) is 0 Å². The minimum absolute atomic E-state index is 0.0974. The number of likely N-dealkylation sites (tertiary alicyclic amines) is 1. The quantitative estimate of drug-likeness (QED) is 0.721. The Morgan fingerprint density at radius 1 is 1.17 bits per heavy atom. The number of nitrogens with zero attached hydrogens (tertiary/aromatic N) is 3. The van der Waals surface area contributed by atoms with E-state index in [1.54, 1.807) is 0 Å². The fourth-order valence-corrected chi connectivity index (χ4v) is 3.54. The van der Waals surface area contributed by atoms with Gasteiger partial charge in [0.2, 0.25) is 0 Å². The zero-order valence-electron chi connectivity index (χ0n) is 15.7. The summed E-state index contributed by atoms with van der Waals surface area (Å²) in [7, 11) is 4.25. The summed E-state index contributed by atoms with van der Waals surface area (Å²) in [5, 5.41) is 0. The Morgan fingerprint density at radius 3 is 2.39 bits per heavy atom. The first-order valence-electron chi connectivity index (χ1n) is 9.18. The predicted molar refractivity (Wildman–Crippen MR) is 93.7 cm³/mol. The topological polar surface area (TPSA) is 36.0 Å². The van der Waals surface area contributed by atoms with E-state index in [2.05, 4.69) is 44.7 Å². The molecular weight excluding hydrogens is 290 g/mol. The second-order valence-electron chi connectivity index (χ2n) is 8.13. The summed E-state index contributed by atoms with van der Waals surface area (Å²) >= 11 is 0. The Bertz CT molecular complexity index is 390. The van der Waals surface area contributed by atoms with Gasteiger partial charge in [-0.1, -0.05) is 13.8 Å². The molecule has 2 fully saturated rings. The van der Waals surface area contributed by atoms with Crippen LogP contribution in [0.3, 0.4) is 0 Å². The van der Waals surface area contributed by atoms with Gasteiger partial charge >= 0.3 is 6.09 Å². The van der Waals surface area contributed by atoms with E-state index >= 15 is 0 Å². The van der Waals surface area contributed by atoms with Crippen LogP contribution in [0.25, 0.3) is 0 Å². The van der Waals surface area contributed by atoms with Crippen LogP contribution in [0.5, 0.6) is 0 Å². The zero-order chi connectivity index (χ0) is 17.0. The Kier molecular flexibility index (Phi) is 6.32. The molecule has 0 aromatic rings. The minimum Gasteiger partial charge on any atom is -0.441 e. The fraction of sp³-hybridized carbons (Fsp3) is 0.944. The molecule has 2 heterocycles. The molecule has 1 amide bonds. The van der Waals surface area contributed by atoms with Gasteiger partial charge in [-0.2, -0.15) is 0 Å². The molecule has 0 N–H and O–H groups in total. The molecule has 0 radical (unpaired) electrons. The van der Waals surface area contributed by atoms with E-state index in [9.17, 15) is 4.79 Å². The van der Waals surface area contributed by atoms with Crippen LogP contribution < -0.4 is 0 Å². The van der Waals surface area contributed by atoms with E-state index in [-0.39, 0.29) is 11.7 Å². The van der Waals surface area contributed by atoms with Crippen molar-refractivity contribution in [2.45, 2.75) is 58.1 Å². The van der Waals surface area contributed by atoms with E-state index in [0.717, 1.165) is 52.0 Å². The van der Waals surface area contributed by atoms with E-state index in [0.29, 0.717) is 12.0 Å². The molecular formula is C18H35N3O2. The summed E-state index contributed by atoms with van der Waals surface area (Å²) in [6.45, 7) is 11.5. The molecule has 2 saturated heterocycles. The molecule has 0 aliphatic carbocycles. The van der Waals surface area contributed by atoms with Crippen molar-refractivity contribution in [2.24, 2.45) is 5.92 Å². The molecule has 1 spiro atoms. The molecule has 0 aromatic carbocycles. The van der Waals surface area contributed by atoms with Gasteiger partial charge in [0.05, 0.1) is 6.54 Å². The van der Waals surface area contributed by atoms with Gasteiger partial charge in [0, 0.05) is 38.5 Å². The number of hydrogen-bond acceptors (Lipinski definition) is 4. The number of hydrogen-bond donors (Lipinski definition) is 0. The van der Waals surface area contributed by atoms with Crippen molar-refractivity contribution in [3.05, 3.63) is 0 Å². The first kappa shape index (κ1) is 18.5. The van der Waals surface area contributed by atoms with Gasteiger partial charge in [0.1, 0.15) is 5.60 Å².